The standard InChI is InChI=1S/C20H21ClN2O2/c1-23-10-2-3-15-18(12-4-6-13(7-5-12)20(24)25)22-17-9-8-14(21)11-16(17)19(15)23/h4-9,11,15,17-18,22H,2-3,10H2,1H3,(H,24,25)/t15-,17?,18-/m1/s1. The molecular weight excluding hydrogens is 336 g/mol. The van der Waals surface area contributed by atoms with Crippen LogP contribution in [0.4, 0.5) is 0 Å². The normalized spacial score (nSPS) is 28.3. The van der Waals surface area contributed by atoms with Crippen LogP contribution in [0.5, 0.6) is 0 Å². The third-order valence-corrected chi connectivity index (χ3v) is 5.66. The van der Waals surface area contributed by atoms with E-state index in [2.05, 4.69) is 29.4 Å². The minimum atomic E-state index is -0.890. The van der Waals surface area contributed by atoms with Crippen LogP contribution < -0.4 is 5.32 Å². The molecule has 0 spiro atoms. The summed E-state index contributed by atoms with van der Waals surface area (Å²) < 4.78 is 0. The zero-order chi connectivity index (χ0) is 17.6. The maximum absolute atomic E-state index is 11.1. The molecule has 0 radical (unpaired) electrons. The molecular formula is C20H21ClN2O2. The van der Waals surface area contributed by atoms with Gasteiger partial charge >= 0.3 is 5.97 Å². The Kier molecular flexibility index (Phi) is 4.18. The second-order valence-electron chi connectivity index (χ2n) is 6.95. The van der Waals surface area contributed by atoms with Crippen LogP contribution in [-0.4, -0.2) is 35.6 Å². The Balaban J connectivity index is 1.75. The summed E-state index contributed by atoms with van der Waals surface area (Å²) in [5.74, 6) is -0.522. The lowest BCUT2D eigenvalue weighted by atomic mass is 9.76. The number of aromatic carboxylic acids is 1. The molecule has 0 bridgehead atoms. The number of hydrogen-bond acceptors (Lipinski definition) is 3. The van der Waals surface area contributed by atoms with E-state index < -0.39 is 5.97 Å². The molecule has 1 aliphatic carbocycles. The van der Waals surface area contributed by atoms with E-state index in [1.54, 1.807) is 12.1 Å². The third-order valence-electron chi connectivity index (χ3n) is 5.42. The Hall–Kier alpha value is -2.04. The third kappa shape index (κ3) is 2.90. The molecule has 5 heteroatoms. The predicted octanol–water partition coefficient (Wildman–Crippen LogP) is 3.69. The van der Waals surface area contributed by atoms with Gasteiger partial charge in [-0.25, -0.2) is 4.79 Å². The number of carbonyl (C=O) groups is 1. The van der Waals surface area contributed by atoms with Gasteiger partial charge in [0.05, 0.1) is 11.6 Å². The number of benzene rings is 1. The van der Waals surface area contributed by atoms with Gasteiger partial charge in [0.15, 0.2) is 0 Å². The van der Waals surface area contributed by atoms with Gasteiger partial charge in [0.2, 0.25) is 0 Å². The zero-order valence-electron chi connectivity index (χ0n) is 14.1. The van der Waals surface area contributed by atoms with Crippen molar-refractivity contribution in [3.05, 3.63) is 69.9 Å². The Bertz CT molecular complexity index is 794. The first-order valence-electron chi connectivity index (χ1n) is 8.64. The molecule has 1 unspecified atom stereocenters. The van der Waals surface area contributed by atoms with Crippen LogP contribution in [0.25, 0.3) is 0 Å². The first-order chi connectivity index (χ1) is 12.0. The molecule has 4 rings (SSSR count). The summed E-state index contributed by atoms with van der Waals surface area (Å²) in [6.07, 6.45) is 8.40. The van der Waals surface area contributed by atoms with Gasteiger partial charge in [0.25, 0.3) is 0 Å². The fourth-order valence-electron chi connectivity index (χ4n) is 4.28. The van der Waals surface area contributed by atoms with Crippen LogP contribution >= 0.6 is 11.6 Å². The number of carboxylic acid groups (broad SMARTS) is 1. The quantitative estimate of drug-likeness (QED) is 0.848. The van der Waals surface area contributed by atoms with Crippen molar-refractivity contribution in [2.75, 3.05) is 13.6 Å². The van der Waals surface area contributed by atoms with Crippen molar-refractivity contribution in [3.8, 4) is 0 Å². The summed E-state index contributed by atoms with van der Waals surface area (Å²) in [5.41, 5.74) is 4.09. The first-order valence-corrected chi connectivity index (χ1v) is 9.02. The second kappa shape index (κ2) is 6.36. The smallest absolute Gasteiger partial charge is 0.335 e. The number of likely N-dealkylation sites (tertiary alicyclic amines) is 1. The van der Waals surface area contributed by atoms with Crippen molar-refractivity contribution in [2.45, 2.75) is 24.9 Å². The summed E-state index contributed by atoms with van der Waals surface area (Å²) in [6, 6.07) is 7.57. The molecule has 0 saturated carbocycles. The lowest BCUT2D eigenvalue weighted by molar-refractivity contribution is 0.0697. The van der Waals surface area contributed by atoms with E-state index >= 15 is 0 Å². The van der Waals surface area contributed by atoms with Gasteiger partial charge in [-0.05, 0) is 48.3 Å². The Morgan fingerprint density at radius 3 is 2.80 bits per heavy atom. The molecule has 0 amide bonds. The highest BCUT2D eigenvalue weighted by atomic mass is 35.5. The fraction of sp³-hybridized carbons (Fsp3) is 0.350. The molecule has 0 aromatic heterocycles. The Labute approximate surface area is 152 Å². The monoisotopic (exact) mass is 356 g/mol. The van der Waals surface area contributed by atoms with Crippen molar-refractivity contribution in [2.24, 2.45) is 5.92 Å². The van der Waals surface area contributed by atoms with E-state index in [4.69, 9.17) is 16.7 Å². The number of piperidine rings is 1. The van der Waals surface area contributed by atoms with E-state index in [-0.39, 0.29) is 12.1 Å². The predicted molar refractivity (Wildman–Crippen MR) is 98.5 cm³/mol. The van der Waals surface area contributed by atoms with Crippen molar-refractivity contribution >= 4 is 17.6 Å². The topological polar surface area (TPSA) is 52.6 Å². The molecule has 1 aromatic rings. The highest BCUT2D eigenvalue weighted by Gasteiger charge is 2.39. The molecule has 130 valence electrons. The van der Waals surface area contributed by atoms with Gasteiger partial charge in [-0.3, -0.25) is 5.32 Å². The highest BCUT2D eigenvalue weighted by molar-refractivity contribution is 6.31. The van der Waals surface area contributed by atoms with Crippen LogP contribution in [0.2, 0.25) is 0 Å². The molecule has 1 aromatic carbocycles. The molecule has 25 heavy (non-hydrogen) atoms. The fourth-order valence-corrected chi connectivity index (χ4v) is 4.47. The molecule has 1 saturated heterocycles. The average molecular weight is 357 g/mol. The van der Waals surface area contributed by atoms with Gasteiger partial charge in [-0.15, -0.1) is 0 Å². The lowest BCUT2D eigenvalue weighted by Crippen LogP contribution is -2.48. The van der Waals surface area contributed by atoms with Crippen molar-refractivity contribution in [1.82, 2.24) is 10.2 Å². The van der Waals surface area contributed by atoms with Gasteiger partial charge in [0, 0.05) is 36.3 Å². The van der Waals surface area contributed by atoms with Crippen molar-refractivity contribution in [3.63, 3.8) is 0 Å². The molecule has 3 atom stereocenters. The van der Waals surface area contributed by atoms with Crippen LogP contribution in [0.3, 0.4) is 0 Å². The largest absolute Gasteiger partial charge is 0.478 e. The highest BCUT2D eigenvalue weighted by Crippen LogP contribution is 2.44. The van der Waals surface area contributed by atoms with Gasteiger partial charge in [-0.2, -0.15) is 0 Å². The van der Waals surface area contributed by atoms with Crippen LogP contribution in [0.1, 0.15) is 34.8 Å². The summed E-state index contributed by atoms with van der Waals surface area (Å²) in [4.78, 5) is 13.5. The van der Waals surface area contributed by atoms with Crippen LogP contribution in [0.15, 0.2) is 58.8 Å². The first kappa shape index (κ1) is 16.4. The molecule has 4 nitrogen and oxygen atoms in total. The summed E-state index contributed by atoms with van der Waals surface area (Å²) in [5, 5.41) is 13.6. The summed E-state index contributed by atoms with van der Waals surface area (Å²) in [7, 11) is 2.15. The summed E-state index contributed by atoms with van der Waals surface area (Å²) >= 11 is 6.25. The number of nitrogens with one attached hydrogen (secondary N) is 1. The molecule has 1 fully saturated rings. The van der Waals surface area contributed by atoms with Crippen LogP contribution in [0, 0.1) is 5.92 Å². The lowest BCUT2D eigenvalue weighted by Gasteiger charge is -2.46. The average Bonchev–Trinajstić information content (AvgIpc) is 2.61. The maximum Gasteiger partial charge on any atom is 0.335 e. The van der Waals surface area contributed by atoms with E-state index in [1.165, 1.54) is 11.3 Å². The minimum Gasteiger partial charge on any atom is -0.478 e. The SMILES string of the molecule is CN1CCC[C@H]2C1=C1C=C(Cl)C=CC1N[C@@H]2c1ccc(C(=O)O)cc1. The van der Waals surface area contributed by atoms with Crippen LogP contribution in [-0.2, 0) is 0 Å². The minimum absolute atomic E-state index is 0.137. The van der Waals surface area contributed by atoms with Gasteiger partial charge in [0.1, 0.15) is 0 Å². The number of rotatable bonds is 2. The van der Waals surface area contributed by atoms with E-state index in [1.807, 2.05) is 18.2 Å². The van der Waals surface area contributed by atoms with Gasteiger partial charge in [-0.1, -0.05) is 29.8 Å². The molecule has 2 aliphatic heterocycles. The second-order valence-corrected chi connectivity index (χ2v) is 7.38. The number of fused-ring (bicyclic) bond motifs is 2. The molecule has 3 aliphatic rings. The van der Waals surface area contributed by atoms with Gasteiger partial charge < -0.3 is 10.0 Å². The number of nitrogens with zero attached hydrogens (tertiary/aromatic N) is 1. The van der Waals surface area contributed by atoms with E-state index in [0.717, 1.165) is 30.0 Å². The maximum atomic E-state index is 11.1. The van der Waals surface area contributed by atoms with E-state index in [0.29, 0.717) is 11.5 Å². The Morgan fingerprint density at radius 1 is 1.32 bits per heavy atom. The zero-order valence-corrected chi connectivity index (χ0v) is 14.8. The number of halogens is 1. The van der Waals surface area contributed by atoms with E-state index in [9.17, 15) is 4.79 Å². The number of carboxylic acids is 1. The molecule has 2 heterocycles. The summed E-state index contributed by atoms with van der Waals surface area (Å²) in [6.45, 7) is 1.06. The van der Waals surface area contributed by atoms with Crippen molar-refractivity contribution < 1.29 is 9.90 Å². The Morgan fingerprint density at radius 2 is 2.08 bits per heavy atom. The van der Waals surface area contributed by atoms with Crippen molar-refractivity contribution in [1.29, 1.82) is 0 Å². The number of hydrogen-bond donors (Lipinski definition) is 2. The molecule has 2 N–H and O–H groups in total. The number of allylic oxidation sites excluding steroid dienone is 2.